The van der Waals surface area contributed by atoms with Crippen molar-refractivity contribution in [2.24, 2.45) is 17.8 Å². The molecular formula is C77H150O17P2. The van der Waals surface area contributed by atoms with Gasteiger partial charge in [0.2, 0.25) is 0 Å². The molecule has 0 aromatic carbocycles. The number of aliphatic hydroxyl groups is 1. The fourth-order valence-electron chi connectivity index (χ4n) is 11.7. The molecule has 3 N–H and O–H groups in total. The van der Waals surface area contributed by atoms with Crippen molar-refractivity contribution in [1.82, 2.24) is 0 Å². The van der Waals surface area contributed by atoms with Crippen molar-refractivity contribution in [3.05, 3.63) is 0 Å². The zero-order chi connectivity index (χ0) is 70.9. The standard InChI is InChI=1S/C77H150O17P2/c1-8-10-11-12-13-14-15-22-30-37-44-51-58-74(79)87-65-73(94-77(82)61-54-47-40-33-26-28-35-42-49-56-69(5)6)67-92-96(85,86)90-63-71(78)62-89-95(83,84)91-66-72(64-88-75(80)59-52-45-38-31-25-24-29-36-43-50-57-70(7)9-2)93-76(81)60-53-46-39-32-23-20-18-16-17-19-21-27-34-41-48-55-68(3)4/h68-73,78H,8-67H2,1-7H3,(H,83,84)(H,85,86)/t70?,71-,72-,73-/m1/s1. The summed E-state index contributed by atoms with van der Waals surface area (Å²) in [5, 5.41) is 10.6. The molecule has 0 bridgehead atoms. The topological polar surface area (TPSA) is 237 Å². The SMILES string of the molecule is CCCCCCCCCCCCCCC(=O)OC[C@H](COP(=O)(O)OC[C@H](O)COP(=O)(O)OC[C@@H](COC(=O)CCCCCCCCCCCCC(C)CC)OC(=O)CCCCCCCCCCCCCCCCCC(C)C)OC(=O)CCCCCCCCCCCC(C)C. The number of unbranched alkanes of at least 4 members (excludes halogenated alkanes) is 42. The predicted molar refractivity (Wildman–Crippen MR) is 391 cm³/mol. The molecule has 0 amide bonds. The van der Waals surface area contributed by atoms with Crippen molar-refractivity contribution in [3.8, 4) is 0 Å². The number of carbonyl (C=O) groups excluding carboxylic acids is 4. The Bertz CT molecular complexity index is 1870. The first-order valence-electron chi connectivity index (χ1n) is 39.9. The van der Waals surface area contributed by atoms with Gasteiger partial charge in [-0.3, -0.25) is 37.3 Å². The Morgan fingerprint density at radius 3 is 0.792 bits per heavy atom. The van der Waals surface area contributed by atoms with Crippen molar-refractivity contribution in [3.63, 3.8) is 0 Å². The van der Waals surface area contributed by atoms with E-state index >= 15 is 0 Å². The minimum Gasteiger partial charge on any atom is -0.462 e. The average Bonchev–Trinajstić information content (AvgIpc) is 1.33. The minimum atomic E-state index is -4.96. The van der Waals surface area contributed by atoms with E-state index in [1.807, 2.05) is 0 Å². The van der Waals surface area contributed by atoms with Crippen LogP contribution in [0, 0.1) is 17.8 Å². The molecule has 3 unspecified atom stereocenters. The summed E-state index contributed by atoms with van der Waals surface area (Å²) >= 11 is 0. The molecule has 570 valence electrons. The fraction of sp³-hybridized carbons (Fsp3) is 0.948. The van der Waals surface area contributed by atoms with Crippen LogP contribution in [0.5, 0.6) is 0 Å². The molecule has 0 aromatic rings. The van der Waals surface area contributed by atoms with Gasteiger partial charge in [0, 0.05) is 25.7 Å². The van der Waals surface area contributed by atoms with Gasteiger partial charge < -0.3 is 33.8 Å². The summed E-state index contributed by atoms with van der Waals surface area (Å²) in [5.41, 5.74) is 0. The van der Waals surface area contributed by atoms with E-state index < -0.39 is 97.5 Å². The third-order valence-corrected chi connectivity index (χ3v) is 20.1. The van der Waals surface area contributed by atoms with Gasteiger partial charge in [-0.15, -0.1) is 0 Å². The zero-order valence-electron chi connectivity index (χ0n) is 62.8. The number of hydrogen-bond acceptors (Lipinski definition) is 15. The lowest BCUT2D eigenvalue weighted by atomic mass is 9.99. The van der Waals surface area contributed by atoms with Crippen LogP contribution in [-0.2, 0) is 65.4 Å². The molecule has 19 heteroatoms. The van der Waals surface area contributed by atoms with E-state index in [9.17, 15) is 43.2 Å². The highest BCUT2D eigenvalue weighted by Crippen LogP contribution is 2.45. The Labute approximate surface area is 588 Å². The molecule has 0 aromatic heterocycles. The Balaban J connectivity index is 5.26. The molecule has 0 heterocycles. The average molecular weight is 1410 g/mol. The monoisotopic (exact) mass is 1410 g/mol. The van der Waals surface area contributed by atoms with Gasteiger partial charge in [0.25, 0.3) is 0 Å². The van der Waals surface area contributed by atoms with Gasteiger partial charge in [0.05, 0.1) is 26.4 Å². The Morgan fingerprint density at radius 2 is 0.531 bits per heavy atom. The van der Waals surface area contributed by atoms with Crippen LogP contribution in [0.25, 0.3) is 0 Å². The van der Waals surface area contributed by atoms with E-state index in [1.54, 1.807) is 0 Å². The molecular weight excluding hydrogens is 1260 g/mol. The van der Waals surface area contributed by atoms with Crippen LogP contribution in [0.2, 0.25) is 0 Å². The molecule has 0 saturated carbocycles. The molecule has 0 radical (unpaired) electrons. The van der Waals surface area contributed by atoms with Gasteiger partial charge in [-0.2, -0.15) is 0 Å². The molecule has 0 aliphatic rings. The van der Waals surface area contributed by atoms with E-state index in [1.165, 1.54) is 205 Å². The third kappa shape index (κ3) is 69.2. The molecule has 0 aliphatic heterocycles. The highest BCUT2D eigenvalue weighted by atomic mass is 31.2. The Morgan fingerprint density at radius 1 is 0.302 bits per heavy atom. The summed E-state index contributed by atoms with van der Waals surface area (Å²) in [6, 6.07) is 0. The van der Waals surface area contributed by atoms with Crippen molar-refractivity contribution in [2.45, 2.75) is 414 Å². The van der Waals surface area contributed by atoms with Crippen LogP contribution >= 0.6 is 15.6 Å². The summed E-state index contributed by atoms with van der Waals surface area (Å²) in [7, 11) is -9.91. The summed E-state index contributed by atoms with van der Waals surface area (Å²) < 4.78 is 68.6. The second-order valence-corrected chi connectivity index (χ2v) is 31.8. The first-order valence-corrected chi connectivity index (χ1v) is 42.9. The second-order valence-electron chi connectivity index (χ2n) is 28.9. The first-order chi connectivity index (χ1) is 46.3. The smallest absolute Gasteiger partial charge is 0.462 e. The van der Waals surface area contributed by atoms with E-state index in [-0.39, 0.29) is 25.7 Å². The zero-order valence-corrected chi connectivity index (χ0v) is 64.6. The van der Waals surface area contributed by atoms with E-state index in [0.717, 1.165) is 108 Å². The second kappa shape index (κ2) is 67.5. The predicted octanol–water partition coefficient (Wildman–Crippen LogP) is 22.6. The number of esters is 4. The first kappa shape index (κ1) is 94.1. The van der Waals surface area contributed by atoms with Crippen LogP contribution in [0.1, 0.15) is 395 Å². The van der Waals surface area contributed by atoms with E-state index in [4.69, 9.17) is 37.0 Å². The summed E-state index contributed by atoms with van der Waals surface area (Å²) in [6.45, 7) is 11.9. The lowest BCUT2D eigenvalue weighted by molar-refractivity contribution is -0.161. The van der Waals surface area contributed by atoms with Crippen molar-refractivity contribution >= 4 is 39.5 Å². The van der Waals surface area contributed by atoms with Crippen LogP contribution in [-0.4, -0.2) is 96.7 Å². The highest BCUT2D eigenvalue weighted by molar-refractivity contribution is 7.47. The Hall–Kier alpha value is -1.94. The maximum atomic E-state index is 13.1. The van der Waals surface area contributed by atoms with Gasteiger partial charge >= 0.3 is 39.5 Å². The number of hydrogen-bond donors (Lipinski definition) is 3. The van der Waals surface area contributed by atoms with Crippen LogP contribution in [0.15, 0.2) is 0 Å². The van der Waals surface area contributed by atoms with Crippen molar-refractivity contribution in [1.29, 1.82) is 0 Å². The Kier molecular flexibility index (Phi) is 66.2. The number of ether oxygens (including phenoxy) is 4. The quantitative estimate of drug-likeness (QED) is 0.0222. The van der Waals surface area contributed by atoms with E-state index in [2.05, 4.69) is 48.5 Å². The maximum absolute atomic E-state index is 13.1. The van der Waals surface area contributed by atoms with E-state index in [0.29, 0.717) is 25.7 Å². The number of carbonyl (C=O) groups is 4. The molecule has 0 saturated heterocycles. The molecule has 0 spiro atoms. The molecule has 0 aliphatic carbocycles. The van der Waals surface area contributed by atoms with Crippen LogP contribution in [0.4, 0.5) is 0 Å². The molecule has 6 atom stereocenters. The highest BCUT2D eigenvalue weighted by Gasteiger charge is 2.30. The lowest BCUT2D eigenvalue weighted by Crippen LogP contribution is -2.30. The lowest BCUT2D eigenvalue weighted by Gasteiger charge is -2.21. The number of phosphoric acid groups is 2. The molecule has 96 heavy (non-hydrogen) atoms. The largest absolute Gasteiger partial charge is 0.472 e. The number of rotatable bonds is 75. The molecule has 0 rings (SSSR count). The third-order valence-electron chi connectivity index (χ3n) is 18.2. The summed E-state index contributed by atoms with van der Waals surface area (Å²) in [4.78, 5) is 72.9. The molecule has 17 nitrogen and oxygen atoms in total. The minimum absolute atomic E-state index is 0.105. The maximum Gasteiger partial charge on any atom is 0.472 e. The number of phosphoric ester groups is 2. The normalized spacial score (nSPS) is 14.3. The van der Waals surface area contributed by atoms with Gasteiger partial charge in [-0.05, 0) is 43.4 Å². The summed E-state index contributed by atoms with van der Waals surface area (Å²) in [5.74, 6) is 0.233. The fourth-order valence-corrected chi connectivity index (χ4v) is 13.3. The van der Waals surface area contributed by atoms with Crippen LogP contribution < -0.4 is 0 Å². The van der Waals surface area contributed by atoms with Crippen molar-refractivity contribution in [2.75, 3.05) is 39.6 Å². The van der Waals surface area contributed by atoms with Crippen molar-refractivity contribution < 1.29 is 80.2 Å². The van der Waals surface area contributed by atoms with Gasteiger partial charge in [0.1, 0.15) is 19.3 Å². The molecule has 0 fully saturated rings. The number of aliphatic hydroxyl groups excluding tert-OH is 1. The van der Waals surface area contributed by atoms with Gasteiger partial charge in [0.15, 0.2) is 12.2 Å². The van der Waals surface area contributed by atoms with Gasteiger partial charge in [-0.25, -0.2) is 9.13 Å². The summed E-state index contributed by atoms with van der Waals surface area (Å²) in [6.07, 6.45) is 53.9. The van der Waals surface area contributed by atoms with Crippen LogP contribution in [0.3, 0.4) is 0 Å². The van der Waals surface area contributed by atoms with Gasteiger partial charge in [-0.1, -0.05) is 344 Å².